The second-order valence-corrected chi connectivity index (χ2v) is 5.31. The van der Waals surface area contributed by atoms with E-state index in [2.05, 4.69) is 5.32 Å². The Balaban J connectivity index is 1.75. The van der Waals surface area contributed by atoms with Crippen molar-refractivity contribution >= 4 is 12.0 Å². The average Bonchev–Trinajstić information content (AvgIpc) is 3.26. The molecule has 0 aliphatic heterocycles. The molecule has 1 aliphatic carbocycles. The Morgan fingerprint density at radius 2 is 1.95 bits per heavy atom. The summed E-state index contributed by atoms with van der Waals surface area (Å²) >= 11 is 0. The number of benzene rings is 1. The third kappa shape index (κ3) is 4.26. The van der Waals surface area contributed by atoms with Crippen LogP contribution in [0.2, 0.25) is 0 Å². The Morgan fingerprint density at radius 3 is 2.50 bits per heavy atom. The van der Waals surface area contributed by atoms with Gasteiger partial charge in [0, 0.05) is 20.1 Å². The highest BCUT2D eigenvalue weighted by atomic mass is 16.4. The van der Waals surface area contributed by atoms with Crippen LogP contribution >= 0.6 is 0 Å². The first-order valence-electron chi connectivity index (χ1n) is 6.87. The summed E-state index contributed by atoms with van der Waals surface area (Å²) in [6, 6.07) is 6.43. The Labute approximate surface area is 118 Å². The zero-order chi connectivity index (χ0) is 14.5. The summed E-state index contributed by atoms with van der Waals surface area (Å²) in [5.74, 6) is -0.130. The molecule has 2 N–H and O–H groups in total. The molecule has 1 aromatic carbocycles. The van der Waals surface area contributed by atoms with Gasteiger partial charge in [-0.3, -0.25) is 0 Å². The number of nitrogens with zero attached hydrogens (tertiary/aromatic N) is 1. The van der Waals surface area contributed by atoms with Gasteiger partial charge in [-0.25, -0.2) is 9.59 Å². The lowest BCUT2D eigenvalue weighted by molar-refractivity contribution is 0.0697. The van der Waals surface area contributed by atoms with E-state index in [0.717, 1.165) is 24.4 Å². The van der Waals surface area contributed by atoms with E-state index in [9.17, 15) is 9.59 Å². The van der Waals surface area contributed by atoms with Gasteiger partial charge in [0.1, 0.15) is 0 Å². The lowest BCUT2D eigenvalue weighted by atomic mass is 10.1. The fraction of sp³-hybridized carbons (Fsp3) is 0.467. The van der Waals surface area contributed by atoms with Crippen LogP contribution in [0.25, 0.3) is 0 Å². The maximum absolute atomic E-state index is 11.8. The van der Waals surface area contributed by atoms with Crippen LogP contribution in [-0.2, 0) is 6.54 Å². The molecule has 1 aliphatic rings. The van der Waals surface area contributed by atoms with Crippen molar-refractivity contribution in [2.45, 2.75) is 25.8 Å². The van der Waals surface area contributed by atoms with Gasteiger partial charge in [0.15, 0.2) is 0 Å². The largest absolute Gasteiger partial charge is 0.478 e. The van der Waals surface area contributed by atoms with E-state index in [1.54, 1.807) is 36.2 Å². The van der Waals surface area contributed by atoms with E-state index >= 15 is 0 Å². The van der Waals surface area contributed by atoms with Gasteiger partial charge in [0.05, 0.1) is 5.56 Å². The molecule has 0 unspecified atom stereocenters. The Morgan fingerprint density at radius 1 is 1.30 bits per heavy atom. The Hall–Kier alpha value is -2.04. The minimum Gasteiger partial charge on any atom is -0.478 e. The zero-order valence-electron chi connectivity index (χ0n) is 11.6. The number of carbonyl (C=O) groups excluding carboxylic acids is 1. The standard InChI is InChI=1S/C15H20N2O3/c1-17(9-8-11-2-3-11)15(20)16-10-12-4-6-13(7-5-12)14(18)19/h4-7,11H,2-3,8-10H2,1H3,(H,16,20)(H,18,19). The number of rotatable bonds is 6. The minimum atomic E-state index is -0.944. The van der Waals surface area contributed by atoms with Crippen LogP contribution in [0, 0.1) is 5.92 Å². The number of amides is 2. The summed E-state index contributed by atoms with van der Waals surface area (Å²) in [4.78, 5) is 24.3. The first-order valence-corrected chi connectivity index (χ1v) is 6.87. The van der Waals surface area contributed by atoms with Crippen molar-refractivity contribution in [3.63, 3.8) is 0 Å². The molecule has 0 saturated heterocycles. The highest BCUT2D eigenvalue weighted by Crippen LogP contribution is 2.32. The number of aromatic carboxylic acids is 1. The molecule has 2 rings (SSSR count). The normalized spacial score (nSPS) is 13.8. The molecule has 0 bridgehead atoms. The molecule has 0 heterocycles. The first-order chi connectivity index (χ1) is 9.56. The highest BCUT2D eigenvalue weighted by molar-refractivity contribution is 5.87. The molecule has 1 aromatic rings. The van der Waals surface area contributed by atoms with E-state index in [-0.39, 0.29) is 11.6 Å². The monoisotopic (exact) mass is 276 g/mol. The van der Waals surface area contributed by atoms with E-state index in [0.29, 0.717) is 6.54 Å². The van der Waals surface area contributed by atoms with Gasteiger partial charge >= 0.3 is 12.0 Å². The van der Waals surface area contributed by atoms with E-state index in [4.69, 9.17) is 5.11 Å². The lowest BCUT2D eigenvalue weighted by Gasteiger charge is -2.17. The maximum atomic E-state index is 11.8. The summed E-state index contributed by atoms with van der Waals surface area (Å²) < 4.78 is 0. The fourth-order valence-corrected chi connectivity index (χ4v) is 1.96. The van der Waals surface area contributed by atoms with Gasteiger partial charge in [0.25, 0.3) is 0 Å². The molecular weight excluding hydrogens is 256 g/mol. The quantitative estimate of drug-likeness (QED) is 0.837. The van der Waals surface area contributed by atoms with Gasteiger partial charge in [-0.15, -0.1) is 0 Å². The average molecular weight is 276 g/mol. The molecule has 0 spiro atoms. The van der Waals surface area contributed by atoms with Crippen molar-refractivity contribution in [3.05, 3.63) is 35.4 Å². The van der Waals surface area contributed by atoms with Crippen LogP contribution in [-0.4, -0.2) is 35.6 Å². The molecule has 0 atom stereocenters. The third-order valence-electron chi connectivity index (χ3n) is 3.56. The SMILES string of the molecule is CN(CCC1CC1)C(=O)NCc1ccc(C(=O)O)cc1. The molecule has 1 fully saturated rings. The topological polar surface area (TPSA) is 69.6 Å². The third-order valence-corrected chi connectivity index (χ3v) is 3.56. The van der Waals surface area contributed by atoms with Crippen LogP contribution in [0.3, 0.4) is 0 Å². The predicted octanol–water partition coefficient (Wildman–Crippen LogP) is 2.33. The molecule has 2 amide bonds. The van der Waals surface area contributed by atoms with E-state index < -0.39 is 5.97 Å². The van der Waals surface area contributed by atoms with Crippen LogP contribution in [0.15, 0.2) is 24.3 Å². The maximum Gasteiger partial charge on any atom is 0.335 e. The Bertz CT molecular complexity index is 480. The first kappa shape index (κ1) is 14.4. The van der Waals surface area contributed by atoms with E-state index in [1.165, 1.54) is 12.8 Å². The van der Waals surface area contributed by atoms with E-state index in [1.807, 2.05) is 0 Å². The lowest BCUT2D eigenvalue weighted by Crippen LogP contribution is -2.37. The number of urea groups is 1. The summed E-state index contributed by atoms with van der Waals surface area (Å²) in [5.41, 5.74) is 1.14. The van der Waals surface area contributed by atoms with Gasteiger partial charge < -0.3 is 15.3 Å². The summed E-state index contributed by atoms with van der Waals surface area (Å²) in [6.45, 7) is 1.20. The molecule has 20 heavy (non-hydrogen) atoms. The number of nitrogens with one attached hydrogen (secondary N) is 1. The summed E-state index contributed by atoms with van der Waals surface area (Å²) in [7, 11) is 1.80. The zero-order valence-corrected chi connectivity index (χ0v) is 11.6. The van der Waals surface area contributed by atoms with Crippen LogP contribution in [0.5, 0.6) is 0 Å². The molecule has 108 valence electrons. The van der Waals surface area contributed by atoms with Gasteiger partial charge in [-0.1, -0.05) is 25.0 Å². The highest BCUT2D eigenvalue weighted by Gasteiger charge is 2.22. The number of carboxylic acids is 1. The predicted molar refractivity (Wildman–Crippen MR) is 75.6 cm³/mol. The number of hydrogen-bond acceptors (Lipinski definition) is 2. The second kappa shape index (κ2) is 6.41. The van der Waals surface area contributed by atoms with Crippen molar-refractivity contribution in [2.24, 2.45) is 5.92 Å². The minimum absolute atomic E-state index is 0.0899. The van der Waals surface area contributed by atoms with Crippen molar-refractivity contribution in [1.29, 1.82) is 0 Å². The number of carbonyl (C=O) groups is 2. The van der Waals surface area contributed by atoms with Crippen molar-refractivity contribution in [2.75, 3.05) is 13.6 Å². The summed E-state index contributed by atoms with van der Waals surface area (Å²) in [6.07, 6.45) is 3.67. The fourth-order valence-electron chi connectivity index (χ4n) is 1.96. The molecule has 0 aromatic heterocycles. The smallest absolute Gasteiger partial charge is 0.335 e. The molecular formula is C15H20N2O3. The molecule has 1 saturated carbocycles. The van der Waals surface area contributed by atoms with Gasteiger partial charge in [-0.2, -0.15) is 0 Å². The van der Waals surface area contributed by atoms with Gasteiger partial charge in [-0.05, 0) is 30.0 Å². The van der Waals surface area contributed by atoms with Gasteiger partial charge in [0.2, 0.25) is 0 Å². The van der Waals surface area contributed by atoms with Crippen LogP contribution in [0.4, 0.5) is 4.79 Å². The van der Waals surface area contributed by atoms with Crippen molar-refractivity contribution in [3.8, 4) is 0 Å². The molecule has 5 nitrogen and oxygen atoms in total. The Kier molecular flexibility index (Phi) is 4.61. The molecule has 0 radical (unpaired) electrons. The number of carboxylic acid groups (broad SMARTS) is 1. The molecule has 5 heteroatoms. The van der Waals surface area contributed by atoms with Crippen molar-refractivity contribution < 1.29 is 14.7 Å². The van der Waals surface area contributed by atoms with Crippen LogP contribution < -0.4 is 5.32 Å². The van der Waals surface area contributed by atoms with Crippen LogP contribution in [0.1, 0.15) is 35.2 Å². The second-order valence-electron chi connectivity index (χ2n) is 5.31. The number of hydrogen-bond donors (Lipinski definition) is 2. The summed E-state index contributed by atoms with van der Waals surface area (Å²) in [5, 5.41) is 11.6. The van der Waals surface area contributed by atoms with Crippen molar-refractivity contribution in [1.82, 2.24) is 10.2 Å².